The van der Waals surface area contributed by atoms with Crippen molar-refractivity contribution in [1.82, 2.24) is 5.43 Å². The third-order valence-corrected chi connectivity index (χ3v) is 3.15. The van der Waals surface area contributed by atoms with Gasteiger partial charge in [0.05, 0.1) is 18.2 Å². The number of carbonyl (C=O) groups excluding carboxylic acids is 1. The average molecular weight is 329 g/mol. The number of nitrogens with one attached hydrogen (secondary N) is 1. The molecule has 0 saturated heterocycles. The van der Waals surface area contributed by atoms with Gasteiger partial charge in [0.25, 0.3) is 5.91 Å². The average Bonchev–Trinajstić information content (AvgIpc) is 2.55. The molecule has 124 valence electrons. The molecule has 0 bridgehead atoms. The first-order chi connectivity index (χ1) is 11.4. The molecule has 0 fully saturated rings. The van der Waals surface area contributed by atoms with E-state index in [9.17, 15) is 20.0 Å². The van der Waals surface area contributed by atoms with Crippen molar-refractivity contribution in [3.05, 3.63) is 63.2 Å². The summed E-state index contributed by atoms with van der Waals surface area (Å²) in [5, 5.41) is 24.4. The summed E-state index contributed by atoms with van der Waals surface area (Å²) in [5.41, 5.74) is 3.49. The van der Waals surface area contributed by atoms with Crippen LogP contribution in [0, 0.1) is 17.0 Å². The number of amides is 1. The van der Waals surface area contributed by atoms with E-state index in [1.165, 1.54) is 19.4 Å². The first-order valence-corrected chi connectivity index (χ1v) is 6.88. The normalized spacial score (nSPS) is 10.6. The van der Waals surface area contributed by atoms with E-state index in [0.29, 0.717) is 11.1 Å². The Hall–Kier alpha value is -3.42. The SMILES string of the molecule is COc1cc(/C=N/NC(=O)c2cccc(C)c2)cc([N+](=O)[O-])c1O. The fourth-order valence-corrected chi connectivity index (χ4v) is 2.00. The Labute approximate surface area is 137 Å². The molecule has 0 atom stereocenters. The second-order valence-corrected chi connectivity index (χ2v) is 4.92. The van der Waals surface area contributed by atoms with Crippen molar-refractivity contribution < 1.29 is 19.6 Å². The smallest absolute Gasteiger partial charge is 0.315 e. The van der Waals surface area contributed by atoms with Gasteiger partial charge in [0.1, 0.15) is 0 Å². The van der Waals surface area contributed by atoms with Gasteiger partial charge in [-0.3, -0.25) is 14.9 Å². The number of nitro groups is 1. The lowest BCUT2D eigenvalue weighted by Gasteiger charge is -2.05. The number of hydrazone groups is 1. The summed E-state index contributed by atoms with van der Waals surface area (Å²) in [6.07, 6.45) is 1.22. The minimum atomic E-state index is -0.736. The van der Waals surface area contributed by atoms with Crippen molar-refractivity contribution >= 4 is 17.8 Å². The molecule has 2 N–H and O–H groups in total. The predicted octanol–water partition coefficient (Wildman–Crippen LogP) is 2.38. The molecule has 2 rings (SSSR count). The first-order valence-electron chi connectivity index (χ1n) is 6.88. The molecule has 24 heavy (non-hydrogen) atoms. The standard InChI is InChI=1S/C16H15N3O5/c1-10-4-3-5-12(6-10)16(21)18-17-9-11-7-13(19(22)23)15(20)14(8-11)24-2/h3-9,20H,1-2H3,(H,18,21)/b17-9+. The van der Waals surface area contributed by atoms with Crippen molar-refractivity contribution in [3.63, 3.8) is 0 Å². The van der Waals surface area contributed by atoms with Gasteiger partial charge < -0.3 is 9.84 Å². The van der Waals surface area contributed by atoms with Crippen molar-refractivity contribution in [1.29, 1.82) is 0 Å². The number of phenolic OH excluding ortho intramolecular Hbond substituents is 1. The number of phenols is 1. The molecule has 2 aromatic rings. The molecule has 0 unspecified atom stereocenters. The zero-order valence-electron chi connectivity index (χ0n) is 13.0. The van der Waals surface area contributed by atoms with E-state index < -0.39 is 22.3 Å². The van der Waals surface area contributed by atoms with E-state index in [1.54, 1.807) is 18.2 Å². The van der Waals surface area contributed by atoms with E-state index in [2.05, 4.69) is 10.5 Å². The van der Waals surface area contributed by atoms with Crippen LogP contribution in [0.1, 0.15) is 21.5 Å². The number of aryl methyl sites for hydroxylation is 1. The summed E-state index contributed by atoms with van der Waals surface area (Å²) >= 11 is 0. The maximum atomic E-state index is 11.9. The quantitative estimate of drug-likeness (QED) is 0.496. The molecular weight excluding hydrogens is 314 g/mol. The molecule has 2 aromatic carbocycles. The molecule has 8 heteroatoms. The van der Waals surface area contributed by atoms with Crippen LogP contribution >= 0.6 is 0 Å². The van der Waals surface area contributed by atoms with Crippen LogP contribution in [-0.2, 0) is 0 Å². The number of rotatable bonds is 5. The van der Waals surface area contributed by atoms with Gasteiger partial charge in [0.2, 0.25) is 5.75 Å². The minimum absolute atomic E-state index is 0.0596. The molecule has 0 saturated carbocycles. The van der Waals surface area contributed by atoms with Gasteiger partial charge >= 0.3 is 5.69 Å². The molecular formula is C16H15N3O5. The second-order valence-electron chi connectivity index (χ2n) is 4.92. The highest BCUT2D eigenvalue weighted by Crippen LogP contribution is 2.36. The number of nitrogens with zero attached hydrogens (tertiary/aromatic N) is 2. The molecule has 0 aliphatic carbocycles. The number of benzene rings is 2. The van der Waals surface area contributed by atoms with E-state index in [1.807, 2.05) is 13.0 Å². The van der Waals surface area contributed by atoms with Crippen molar-refractivity contribution in [2.45, 2.75) is 6.92 Å². The topological polar surface area (TPSA) is 114 Å². The second kappa shape index (κ2) is 7.23. The number of nitro benzene ring substituents is 1. The van der Waals surface area contributed by atoms with Gasteiger partial charge in [0.15, 0.2) is 5.75 Å². The highest BCUT2D eigenvalue weighted by molar-refractivity contribution is 5.95. The lowest BCUT2D eigenvalue weighted by Crippen LogP contribution is -2.17. The molecule has 0 heterocycles. The molecule has 8 nitrogen and oxygen atoms in total. The van der Waals surface area contributed by atoms with Gasteiger partial charge in [0, 0.05) is 17.2 Å². The Morgan fingerprint density at radius 1 is 1.38 bits per heavy atom. The number of hydrogen-bond donors (Lipinski definition) is 2. The van der Waals surface area contributed by atoms with Crippen LogP contribution in [0.2, 0.25) is 0 Å². The monoisotopic (exact) mass is 329 g/mol. The summed E-state index contributed by atoms with van der Waals surface area (Å²) in [6, 6.07) is 9.46. The number of ether oxygens (including phenoxy) is 1. The largest absolute Gasteiger partial charge is 0.500 e. The highest BCUT2D eigenvalue weighted by atomic mass is 16.6. The van der Waals surface area contributed by atoms with Crippen LogP contribution in [0.15, 0.2) is 41.5 Å². The minimum Gasteiger partial charge on any atom is -0.500 e. The van der Waals surface area contributed by atoms with E-state index in [4.69, 9.17) is 4.74 Å². The van der Waals surface area contributed by atoms with Crippen LogP contribution in [-0.4, -0.2) is 29.3 Å². The Morgan fingerprint density at radius 2 is 2.12 bits per heavy atom. The van der Waals surface area contributed by atoms with E-state index in [0.717, 1.165) is 11.6 Å². The summed E-state index contributed by atoms with van der Waals surface area (Å²) in [4.78, 5) is 22.1. The van der Waals surface area contributed by atoms with Crippen LogP contribution in [0.5, 0.6) is 11.5 Å². The summed E-state index contributed by atoms with van der Waals surface area (Å²) in [6.45, 7) is 1.86. The molecule has 0 spiro atoms. The predicted molar refractivity (Wildman–Crippen MR) is 87.6 cm³/mol. The Bertz CT molecular complexity index is 817. The van der Waals surface area contributed by atoms with Gasteiger partial charge in [-0.05, 0) is 25.1 Å². The van der Waals surface area contributed by atoms with Crippen LogP contribution in [0.25, 0.3) is 0 Å². The molecule has 1 amide bonds. The molecule has 0 aromatic heterocycles. The fraction of sp³-hybridized carbons (Fsp3) is 0.125. The summed E-state index contributed by atoms with van der Waals surface area (Å²) in [5.74, 6) is -1.03. The first kappa shape index (κ1) is 16.9. The number of carbonyl (C=O) groups is 1. The summed E-state index contributed by atoms with van der Waals surface area (Å²) in [7, 11) is 1.28. The zero-order chi connectivity index (χ0) is 17.7. The van der Waals surface area contributed by atoms with Crippen molar-refractivity contribution in [2.75, 3.05) is 7.11 Å². The zero-order valence-corrected chi connectivity index (χ0v) is 13.0. The third-order valence-electron chi connectivity index (χ3n) is 3.15. The fourth-order valence-electron chi connectivity index (χ4n) is 2.00. The van der Waals surface area contributed by atoms with Crippen LogP contribution in [0.3, 0.4) is 0 Å². The number of hydrogen-bond acceptors (Lipinski definition) is 6. The van der Waals surface area contributed by atoms with Crippen LogP contribution in [0.4, 0.5) is 5.69 Å². The summed E-state index contributed by atoms with van der Waals surface area (Å²) < 4.78 is 4.88. The third kappa shape index (κ3) is 3.86. The van der Waals surface area contributed by atoms with E-state index in [-0.39, 0.29) is 5.75 Å². The van der Waals surface area contributed by atoms with Crippen LogP contribution < -0.4 is 10.2 Å². The van der Waals surface area contributed by atoms with Gasteiger partial charge in [-0.1, -0.05) is 17.7 Å². The Kier molecular flexibility index (Phi) is 5.10. The molecule has 0 aliphatic heterocycles. The lowest BCUT2D eigenvalue weighted by atomic mass is 10.1. The van der Waals surface area contributed by atoms with Crippen molar-refractivity contribution in [2.24, 2.45) is 5.10 Å². The highest BCUT2D eigenvalue weighted by Gasteiger charge is 2.19. The molecule has 0 aliphatic rings. The maximum Gasteiger partial charge on any atom is 0.315 e. The Morgan fingerprint density at radius 3 is 2.75 bits per heavy atom. The number of methoxy groups -OCH3 is 1. The van der Waals surface area contributed by atoms with Gasteiger partial charge in [-0.15, -0.1) is 0 Å². The van der Waals surface area contributed by atoms with Crippen molar-refractivity contribution in [3.8, 4) is 11.5 Å². The maximum absolute atomic E-state index is 11.9. The van der Waals surface area contributed by atoms with Gasteiger partial charge in [-0.2, -0.15) is 5.10 Å². The molecule has 0 radical (unpaired) electrons. The Balaban J connectivity index is 2.18. The van der Waals surface area contributed by atoms with E-state index >= 15 is 0 Å². The number of aromatic hydroxyl groups is 1. The lowest BCUT2D eigenvalue weighted by molar-refractivity contribution is -0.386. The van der Waals surface area contributed by atoms with Gasteiger partial charge in [-0.25, -0.2) is 5.43 Å².